The Morgan fingerprint density at radius 2 is 0.800 bits per heavy atom. The predicted octanol–water partition coefficient (Wildman–Crippen LogP) is -2.23. The zero-order chi connectivity index (χ0) is 4.50. The van der Waals surface area contributed by atoms with Crippen LogP contribution in [0.15, 0.2) is 0 Å². The minimum absolute atomic E-state index is 5.11. The van der Waals surface area contributed by atoms with Crippen LogP contribution in [0.25, 0.3) is 0 Å². The topological polar surface area (TPSA) is 80.9 Å². The van der Waals surface area contributed by atoms with Gasteiger partial charge in [-0.05, 0) is 0 Å². The van der Waals surface area contributed by atoms with Gasteiger partial charge < -0.3 is 0 Å². The minimum atomic E-state index is -5.11. The summed E-state index contributed by atoms with van der Waals surface area (Å²) >= 11 is -5.11. The van der Waals surface area contributed by atoms with Gasteiger partial charge in [0.15, 0.2) is 0 Å². The summed E-state index contributed by atoms with van der Waals surface area (Å²) in [5.74, 6) is 0. The molecule has 0 radical (unpaired) electrons. The fourth-order valence-electron chi connectivity index (χ4n) is 0. The van der Waals surface area contributed by atoms with Gasteiger partial charge in [-0.1, -0.05) is 0 Å². The second-order valence-electron chi connectivity index (χ2n) is 0.454. The second kappa shape index (κ2) is 1.31. The van der Waals surface area contributed by atoms with Crippen LogP contribution in [-0.2, 0) is 17.0 Å². The van der Waals surface area contributed by atoms with E-state index in [1.165, 1.54) is 0 Å². The van der Waals surface area contributed by atoms with Gasteiger partial charge in [-0.25, -0.2) is 0 Å². The normalized spacial score (nSPS) is 15.2. The monoisotopic (exact) mass is 255 g/mol. The molecule has 0 amide bonds. The Kier molecular flexibility index (Phi) is 1.44. The molecule has 0 aliphatic heterocycles. The van der Waals surface area contributed by atoms with Gasteiger partial charge in [-0.2, -0.15) is 0 Å². The Labute approximate surface area is 33.1 Å². The summed E-state index contributed by atoms with van der Waals surface area (Å²) < 4.78 is 29.6. The van der Waals surface area contributed by atoms with Crippen molar-refractivity contribution in [2.24, 2.45) is 0 Å². The summed E-state index contributed by atoms with van der Waals surface area (Å²) in [5, 5.41) is 0. The van der Waals surface area contributed by atoms with Gasteiger partial charge in [0.2, 0.25) is 0 Å². The molecule has 0 bridgehead atoms. The van der Waals surface area contributed by atoms with Gasteiger partial charge in [0.1, 0.15) is 0 Å². The summed E-state index contributed by atoms with van der Waals surface area (Å²) in [6, 6.07) is 0. The van der Waals surface area contributed by atoms with Crippen LogP contribution in [0.1, 0.15) is 0 Å². The van der Waals surface area contributed by atoms with Crippen LogP contribution in [0.2, 0.25) is 0 Å². The van der Waals surface area contributed by atoms with Gasteiger partial charge in [0.25, 0.3) is 0 Å². The van der Waals surface area contributed by atoms with E-state index in [0.717, 1.165) is 0 Å². The molecule has 0 saturated carbocycles. The van der Waals surface area contributed by atoms with E-state index < -0.39 is 17.0 Å². The predicted molar refractivity (Wildman–Crippen MR) is 8.88 cm³/mol. The van der Waals surface area contributed by atoms with Crippen molar-refractivity contribution < 1.29 is 32.3 Å². The Morgan fingerprint density at radius 3 is 0.800 bits per heavy atom. The van der Waals surface area contributed by atoms with E-state index in [4.69, 9.17) is 15.3 Å². The first-order chi connectivity index (χ1) is 2.00. The average molecular weight is 254 g/mol. The molecule has 0 aromatic carbocycles. The Morgan fingerprint density at radius 1 is 0.800 bits per heavy atom. The van der Waals surface area contributed by atoms with Crippen molar-refractivity contribution in [2.45, 2.75) is 0 Å². The molecule has 0 rings (SSSR count). The zero-order valence-corrected chi connectivity index (χ0v) is 4.88. The molecule has 4 N–H and O–H groups in total. The van der Waals surface area contributed by atoms with Gasteiger partial charge in [0, 0.05) is 0 Å². The maximum absolute atomic E-state index is 7.39. The molecule has 0 fully saturated rings. The molecule has 0 spiro atoms. The third kappa shape index (κ3) is 112. The molecule has 0 heterocycles. The van der Waals surface area contributed by atoms with Crippen LogP contribution < -0.4 is 0 Å². The van der Waals surface area contributed by atoms with Gasteiger partial charge in [0.05, 0.1) is 0 Å². The first kappa shape index (κ1) is 5.50. The third-order valence-electron chi connectivity index (χ3n) is 0. The molecular weight excluding hydrogens is 250 g/mol. The van der Waals surface area contributed by atoms with Crippen LogP contribution >= 0.6 is 0 Å². The fraction of sp³-hybridized carbons (Fsp3) is 0. The van der Waals surface area contributed by atoms with Crippen molar-refractivity contribution >= 4 is 0 Å². The SMILES string of the molecule is [OH][Re]([OH])([OH])[OH]. The van der Waals surface area contributed by atoms with Crippen molar-refractivity contribution in [3.8, 4) is 0 Å². The molecule has 0 atom stereocenters. The van der Waals surface area contributed by atoms with Crippen LogP contribution in [0.4, 0.5) is 0 Å². The van der Waals surface area contributed by atoms with Crippen LogP contribution in [-0.4, -0.2) is 15.3 Å². The summed E-state index contributed by atoms with van der Waals surface area (Å²) in [4.78, 5) is 0. The van der Waals surface area contributed by atoms with E-state index in [2.05, 4.69) is 0 Å². The third-order valence-corrected chi connectivity index (χ3v) is 0. The van der Waals surface area contributed by atoms with E-state index in [1.807, 2.05) is 0 Å². The van der Waals surface area contributed by atoms with Crippen molar-refractivity contribution in [1.29, 1.82) is 0 Å². The van der Waals surface area contributed by atoms with E-state index >= 15 is 0 Å². The summed E-state index contributed by atoms with van der Waals surface area (Å²) in [6.07, 6.45) is 0. The molecule has 5 heteroatoms. The van der Waals surface area contributed by atoms with Crippen LogP contribution in [0.3, 0.4) is 0 Å². The molecule has 0 unspecified atom stereocenters. The van der Waals surface area contributed by atoms with Gasteiger partial charge in [-0.3, -0.25) is 0 Å². The molecule has 0 aliphatic carbocycles. The first-order valence-corrected chi connectivity index (χ1v) is 5.53. The van der Waals surface area contributed by atoms with Crippen molar-refractivity contribution in [2.75, 3.05) is 0 Å². The Hall–Kier alpha value is 0.502. The molecule has 4 nitrogen and oxygen atoms in total. The number of rotatable bonds is 0. The Balaban J connectivity index is 3.02. The summed E-state index contributed by atoms with van der Waals surface area (Å²) in [6.45, 7) is 0. The maximum atomic E-state index is 7.39. The number of hydrogen-bond donors (Lipinski definition) is 4. The van der Waals surface area contributed by atoms with E-state index in [9.17, 15) is 0 Å². The molecule has 5 heavy (non-hydrogen) atoms. The average Bonchev–Trinajstić information content (AvgIpc) is 0.722. The fourth-order valence-corrected chi connectivity index (χ4v) is 0. The van der Waals surface area contributed by atoms with E-state index in [-0.39, 0.29) is 0 Å². The molecule has 0 aromatic heterocycles. The standard InChI is InChI=1S/4H2O.Re/h4*1H2;/q;;;;+4/p-4. The van der Waals surface area contributed by atoms with Crippen LogP contribution in [0.5, 0.6) is 0 Å². The number of hydrogen-bond acceptors (Lipinski definition) is 4. The zero-order valence-electron chi connectivity index (χ0n) is 2.17. The molecule has 0 aromatic rings. The summed E-state index contributed by atoms with van der Waals surface area (Å²) in [7, 11) is 0. The van der Waals surface area contributed by atoms with Gasteiger partial charge in [-0.15, -0.1) is 0 Å². The van der Waals surface area contributed by atoms with Crippen molar-refractivity contribution in [1.82, 2.24) is 0 Å². The molecule has 0 aliphatic rings. The van der Waals surface area contributed by atoms with E-state index in [1.54, 1.807) is 0 Å². The quantitative estimate of drug-likeness (QED) is 0.394. The van der Waals surface area contributed by atoms with Crippen molar-refractivity contribution in [3.63, 3.8) is 0 Å². The summed E-state index contributed by atoms with van der Waals surface area (Å²) in [5.41, 5.74) is 0. The van der Waals surface area contributed by atoms with Crippen molar-refractivity contribution in [3.05, 3.63) is 0 Å². The molecule has 0 saturated heterocycles. The second-order valence-corrected chi connectivity index (χ2v) is 3.71. The first-order valence-electron chi connectivity index (χ1n) is 0.676. The van der Waals surface area contributed by atoms with Gasteiger partial charge >= 0.3 is 32.3 Å². The Bertz CT molecular complexity index is 19.1. The molecular formula is H4O4Re. The van der Waals surface area contributed by atoms with Crippen LogP contribution in [0, 0.1) is 0 Å². The van der Waals surface area contributed by atoms with E-state index in [0.29, 0.717) is 0 Å². The molecule has 35 valence electrons.